The SMILES string of the molecule is O=C(CSc1nnc(-c2ccccc2F)o1)N1CCC[C@@H]2CCCC[C@H]21. The molecular formula is C19H22FN3O2S. The zero-order valence-electron chi connectivity index (χ0n) is 14.6. The summed E-state index contributed by atoms with van der Waals surface area (Å²) in [4.78, 5) is 14.8. The second kappa shape index (κ2) is 7.78. The molecule has 1 saturated carbocycles. The maximum absolute atomic E-state index is 13.8. The number of carbonyl (C=O) groups excluding carboxylic acids is 1. The molecule has 5 nitrogen and oxygen atoms in total. The van der Waals surface area contributed by atoms with Crippen molar-refractivity contribution in [2.75, 3.05) is 12.3 Å². The van der Waals surface area contributed by atoms with Crippen molar-refractivity contribution in [3.05, 3.63) is 30.1 Å². The molecule has 1 aliphatic heterocycles. The van der Waals surface area contributed by atoms with Crippen molar-refractivity contribution >= 4 is 17.7 Å². The topological polar surface area (TPSA) is 59.2 Å². The van der Waals surface area contributed by atoms with E-state index in [1.807, 2.05) is 0 Å². The number of fused-ring (bicyclic) bond motifs is 1. The first-order valence-corrected chi connectivity index (χ1v) is 10.2. The molecule has 0 bridgehead atoms. The van der Waals surface area contributed by atoms with Crippen LogP contribution in [0.15, 0.2) is 33.9 Å². The van der Waals surface area contributed by atoms with Crippen LogP contribution < -0.4 is 0 Å². The molecule has 1 saturated heterocycles. The quantitative estimate of drug-likeness (QED) is 0.752. The molecule has 4 rings (SSSR count). The second-order valence-electron chi connectivity index (χ2n) is 6.98. The zero-order chi connectivity index (χ0) is 17.9. The highest BCUT2D eigenvalue weighted by Crippen LogP contribution is 2.35. The average Bonchev–Trinajstić information content (AvgIpc) is 3.15. The van der Waals surface area contributed by atoms with Crippen molar-refractivity contribution in [1.82, 2.24) is 15.1 Å². The van der Waals surface area contributed by atoms with Gasteiger partial charge >= 0.3 is 0 Å². The molecule has 0 unspecified atom stereocenters. The lowest BCUT2D eigenvalue weighted by Crippen LogP contribution is -2.50. The lowest BCUT2D eigenvalue weighted by Gasteiger charge is -2.44. The largest absolute Gasteiger partial charge is 0.411 e. The first-order valence-electron chi connectivity index (χ1n) is 9.23. The summed E-state index contributed by atoms with van der Waals surface area (Å²) in [5.74, 6) is 0.825. The maximum Gasteiger partial charge on any atom is 0.277 e. The van der Waals surface area contributed by atoms with Crippen molar-refractivity contribution in [3.63, 3.8) is 0 Å². The number of rotatable bonds is 4. The molecular weight excluding hydrogens is 353 g/mol. The Balaban J connectivity index is 1.38. The first-order chi connectivity index (χ1) is 12.7. The number of piperidine rings is 1. The third-order valence-corrected chi connectivity index (χ3v) is 6.20. The molecule has 0 spiro atoms. The van der Waals surface area contributed by atoms with Gasteiger partial charge in [0.2, 0.25) is 5.91 Å². The molecule has 1 amide bonds. The Morgan fingerprint density at radius 2 is 2.00 bits per heavy atom. The highest BCUT2D eigenvalue weighted by atomic mass is 32.2. The van der Waals surface area contributed by atoms with Crippen LogP contribution in [0.4, 0.5) is 4.39 Å². The fourth-order valence-corrected chi connectivity index (χ4v) is 4.80. The van der Waals surface area contributed by atoms with Gasteiger partial charge in [0, 0.05) is 12.6 Å². The van der Waals surface area contributed by atoms with E-state index in [1.165, 1.54) is 43.5 Å². The molecule has 7 heteroatoms. The normalized spacial score (nSPS) is 22.9. The van der Waals surface area contributed by atoms with E-state index in [0.717, 1.165) is 19.4 Å². The molecule has 2 aliphatic rings. The summed E-state index contributed by atoms with van der Waals surface area (Å²) in [6, 6.07) is 6.69. The van der Waals surface area contributed by atoms with E-state index in [-0.39, 0.29) is 23.1 Å². The number of thioether (sulfide) groups is 1. The van der Waals surface area contributed by atoms with Crippen LogP contribution in [0, 0.1) is 11.7 Å². The fraction of sp³-hybridized carbons (Fsp3) is 0.526. The molecule has 1 aromatic carbocycles. The number of halogens is 1. The van der Waals surface area contributed by atoms with Crippen molar-refractivity contribution in [2.24, 2.45) is 5.92 Å². The standard InChI is InChI=1S/C19H22FN3O2S/c20-15-9-3-2-8-14(15)18-21-22-19(25-18)26-12-17(24)23-11-5-7-13-6-1-4-10-16(13)23/h2-3,8-9,13,16H,1,4-7,10-12H2/t13-,16+/m0/s1. The zero-order valence-corrected chi connectivity index (χ0v) is 15.4. The van der Waals surface area contributed by atoms with Gasteiger partial charge in [0.1, 0.15) is 5.82 Å². The molecule has 138 valence electrons. The van der Waals surface area contributed by atoms with Gasteiger partial charge in [0.05, 0.1) is 11.3 Å². The molecule has 2 fully saturated rings. The molecule has 1 aliphatic carbocycles. The van der Waals surface area contributed by atoms with Crippen LogP contribution in [-0.4, -0.2) is 39.3 Å². The minimum absolute atomic E-state index is 0.136. The monoisotopic (exact) mass is 375 g/mol. The van der Waals surface area contributed by atoms with E-state index in [4.69, 9.17) is 4.42 Å². The molecule has 0 radical (unpaired) electrons. The van der Waals surface area contributed by atoms with Crippen LogP contribution in [0.1, 0.15) is 38.5 Å². The molecule has 2 atom stereocenters. The van der Waals surface area contributed by atoms with Crippen LogP contribution in [0.5, 0.6) is 0 Å². The van der Waals surface area contributed by atoms with E-state index in [0.29, 0.717) is 17.2 Å². The van der Waals surface area contributed by atoms with Crippen LogP contribution in [0.25, 0.3) is 11.5 Å². The predicted molar refractivity (Wildman–Crippen MR) is 97.1 cm³/mol. The predicted octanol–water partition coefficient (Wildman–Crippen LogP) is 4.15. The van der Waals surface area contributed by atoms with Gasteiger partial charge in [-0.2, -0.15) is 0 Å². The number of hydrogen-bond acceptors (Lipinski definition) is 5. The van der Waals surface area contributed by atoms with Gasteiger partial charge < -0.3 is 9.32 Å². The Kier molecular flexibility index (Phi) is 5.24. The van der Waals surface area contributed by atoms with Crippen molar-refractivity contribution < 1.29 is 13.6 Å². The number of nitrogens with zero attached hydrogens (tertiary/aromatic N) is 3. The number of amides is 1. The van der Waals surface area contributed by atoms with Gasteiger partial charge in [-0.1, -0.05) is 36.7 Å². The van der Waals surface area contributed by atoms with Gasteiger partial charge in [-0.15, -0.1) is 10.2 Å². The summed E-state index contributed by atoms with van der Waals surface area (Å²) in [7, 11) is 0. The van der Waals surface area contributed by atoms with Gasteiger partial charge in [0.15, 0.2) is 0 Å². The van der Waals surface area contributed by atoms with Gasteiger partial charge in [-0.05, 0) is 43.7 Å². The van der Waals surface area contributed by atoms with Crippen LogP contribution in [0.3, 0.4) is 0 Å². The summed E-state index contributed by atoms with van der Waals surface area (Å²) in [5.41, 5.74) is 0.277. The van der Waals surface area contributed by atoms with Gasteiger partial charge in [-0.25, -0.2) is 4.39 Å². The fourth-order valence-electron chi connectivity index (χ4n) is 4.15. The molecule has 1 aromatic heterocycles. The third-order valence-electron chi connectivity index (χ3n) is 5.39. The maximum atomic E-state index is 13.8. The third kappa shape index (κ3) is 3.63. The van der Waals surface area contributed by atoms with Crippen LogP contribution in [0.2, 0.25) is 0 Å². The van der Waals surface area contributed by atoms with Crippen molar-refractivity contribution in [1.29, 1.82) is 0 Å². The lowest BCUT2D eigenvalue weighted by molar-refractivity contribution is -0.134. The van der Waals surface area contributed by atoms with Crippen LogP contribution >= 0.6 is 11.8 Å². The van der Waals surface area contributed by atoms with Gasteiger partial charge in [0.25, 0.3) is 11.1 Å². The van der Waals surface area contributed by atoms with E-state index in [1.54, 1.807) is 18.2 Å². The first kappa shape index (κ1) is 17.5. The van der Waals surface area contributed by atoms with E-state index in [9.17, 15) is 9.18 Å². The average molecular weight is 375 g/mol. The van der Waals surface area contributed by atoms with Crippen molar-refractivity contribution in [3.8, 4) is 11.5 Å². The Labute approximate surface area is 156 Å². The highest BCUT2D eigenvalue weighted by molar-refractivity contribution is 7.99. The Bertz CT molecular complexity index is 780. The van der Waals surface area contributed by atoms with Gasteiger partial charge in [-0.3, -0.25) is 4.79 Å². The molecule has 2 heterocycles. The number of carbonyl (C=O) groups is 1. The van der Waals surface area contributed by atoms with E-state index in [2.05, 4.69) is 15.1 Å². The number of likely N-dealkylation sites (tertiary alicyclic amines) is 1. The second-order valence-corrected chi connectivity index (χ2v) is 7.91. The summed E-state index contributed by atoms with van der Waals surface area (Å²) >= 11 is 1.23. The summed E-state index contributed by atoms with van der Waals surface area (Å²) in [6.07, 6.45) is 7.22. The lowest BCUT2D eigenvalue weighted by atomic mass is 9.78. The highest BCUT2D eigenvalue weighted by Gasteiger charge is 2.35. The molecule has 26 heavy (non-hydrogen) atoms. The minimum Gasteiger partial charge on any atom is -0.411 e. The smallest absolute Gasteiger partial charge is 0.277 e. The summed E-state index contributed by atoms with van der Waals surface area (Å²) in [5, 5.41) is 8.14. The molecule has 2 aromatic rings. The molecule has 0 N–H and O–H groups in total. The minimum atomic E-state index is -0.402. The van der Waals surface area contributed by atoms with Crippen molar-refractivity contribution in [2.45, 2.75) is 49.8 Å². The number of benzene rings is 1. The van der Waals surface area contributed by atoms with Crippen LogP contribution in [-0.2, 0) is 4.79 Å². The summed E-state index contributed by atoms with van der Waals surface area (Å²) in [6.45, 7) is 0.852. The number of aromatic nitrogens is 2. The summed E-state index contributed by atoms with van der Waals surface area (Å²) < 4.78 is 19.3. The number of hydrogen-bond donors (Lipinski definition) is 0. The Morgan fingerprint density at radius 3 is 2.88 bits per heavy atom. The van der Waals surface area contributed by atoms with E-state index < -0.39 is 5.82 Å². The van der Waals surface area contributed by atoms with E-state index >= 15 is 0 Å². The Hall–Kier alpha value is -1.89. The Morgan fingerprint density at radius 1 is 1.19 bits per heavy atom.